The van der Waals surface area contributed by atoms with Crippen LogP contribution < -0.4 is 5.73 Å². The summed E-state index contributed by atoms with van der Waals surface area (Å²) in [5.41, 5.74) is 9.36. The first-order valence-electron chi connectivity index (χ1n) is 7.90. The van der Waals surface area contributed by atoms with E-state index in [0.717, 1.165) is 5.56 Å². The molecule has 1 aliphatic rings. The van der Waals surface area contributed by atoms with Crippen LogP contribution in [0.3, 0.4) is 0 Å². The molecular weight excluding hydrogens is 324 g/mol. The van der Waals surface area contributed by atoms with Crippen molar-refractivity contribution in [2.75, 3.05) is 18.9 Å². The summed E-state index contributed by atoms with van der Waals surface area (Å²) >= 11 is 0. The molecule has 0 saturated carbocycles. The molecular formula is C19H23ClN2O2. The summed E-state index contributed by atoms with van der Waals surface area (Å²) in [6.45, 7) is 5.17. The molecule has 1 heterocycles. The lowest BCUT2D eigenvalue weighted by Gasteiger charge is -2.38. The Balaban J connectivity index is 0.00000208. The SMILES string of the molecule is Cc1ccccc1C1CN(C(=O)c2cccc(N)c2)C(C)CO1.Cl. The Morgan fingerprint density at radius 1 is 1.21 bits per heavy atom. The monoisotopic (exact) mass is 346 g/mol. The first-order valence-corrected chi connectivity index (χ1v) is 7.90. The van der Waals surface area contributed by atoms with Crippen molar-refractivity contribution >= 4 is 24.0 Å². The first-order chi connectivity index (χ1) is 11.1. The number of benzene rings is 2. The quantitative estimate of drug-likeness (QED) is 0.845. The average molecular weight is 347 g/mol. The van der Waals surface area contributed by atoms with Gasteiger partial charge in [0.15, 0.2) is 0 Å². The fourth-order valence-electron chi connectivity index (χ4n) is 3.01. The van der Waals surface area contributed by atoms with Crippen LogP contribution in [0.4, 0.5) is 5.69 Å². The smallest absolute Gasteiger partial charge is 0.254 e. The molecule has 0 radical (unpaired) electrons. The van der Waals surface area contributed by atoms with E-state index in [-0.39, 0.29) is 30.5 Å². The summed E-state index contributed by atoms with van der Waals surface area (Å²) in [4.78, 5) is 14.7. The minimum atomic E-state index is -0.0857. The van der Waals surface area contributed by atoms with Gasteiger partial charge in [-0.1, -0.05) is 30.3 Å². The standard InChI is InChI=1S/C19H22N2O2.ClH/c1-13-6-3-4-9-17(13)18-11-21(14(2)12-23-18)19(22)15-7-5-8-16(20)10-15;/h3-10,14,18H,11-12,20H2,1-2H3;1H. The van der Waals surface area contributed by atoms with Crippen LogP contribution in [0.1, 0.15) is 34.5 Å². The van der Waals surface area contributed by atoms with Crippen molar-refractivity contribution in [1.29, 1.82) is 0 Å². The highest BCUT2D eigenvalue weighted by Gasteiger charge is 2.31. The molecule has 2 aromatic carbocycles. The lowest BCUT2D eigenvalue weighted by atomic mass is 10.0. The van der Waals surface area contributed by atoms with Gasteiger partial charge >= 0.3 is 0 Å². The van der Waals surface area contributed by atoms with Gasteiger partial charge in [-0.15, -0.1) is 12.4 Å². The Hall–Kier alpha value is -2.04. The van der Waals surface area contributed by atoms with Crippen LogP contribution in [0.2, 0.25) is 0 Å². The van der Waals surface area contributed by atoms with Crippen LogP contribution in [0.15, 0.2) is 48.5 Å². The molecule has 5 heteroatoms. The van der Waals surface area contributed by atoms with Gasteiger partial charge in [-0.2, -0.15) is 0 Å². The number of hydrogen-bond acceptors (Lipinski definition) is 3. The number of carbonyl (C=O) groups is 1. The van der Waals surface area contributed by atoms with Crippen LogP contribution in [-0.2, 0) is 4.74 Å². The normalized spacial score (nSPS) is 20.3. The van der Waals surface area contributed by atoms with Crippen molar-refractivity contribution < 1.29 is 9.53 Å². The molecule has 0 spiro atoms. The zero-order valence-electron chi connectivity index (χ0n) is 13.9. The number of nitrogen functional groups attached to an aromatic ring is 1. The van der Waals surface area contributed by atoms with Crippen LogP contribution in [0, 0.1) is 6.92 Å². The van der Waals surface area contributed by atoms with E-state index in [0.29, 0.717) is 24.4 Å². The van der Waals surface area contributed by atoms with Crippen LogP contribution >= 0.6 is 12.4 Å². The molecule has 3 rings (SSSR count). The number of nitrogens with two attached hydrogens (primary N) is 1. The Morgan fingerprint density at radius 3 is 2.67 bits per heavy atom. The topological polar surface area (TPSA) is 55.6 Å². The molecule has 0 bridgehead atoms. The summed E-state index contributed by atoms with van der Waals surface area (Å²) in [6, 6.07) is 15.3. The number of morpholine rings is 1. The number of anilines is 1. The molecule has 128 valence electrons. The van der Waals surface area contributed by atoms with Gasteiger partial charge in [-0.25, -0.2) is 0 Å². The number of ether oxygens (including phenoxy) is 1. The van der Waals surface area contributed by atoms with E-state index in [4.69, 9.17) is 10.5 Å². The second kappa shape index (κ2) is 7.69. The molecule has 4 nitrogen and oxygen atoms in total. The summed E-state index contributed by atoms with van der Waals surface area (Å²) in [7, 11) is 0. The lowest BCUT2D eigenvalue weighted by molar-refractivity contribution is -0.0489. The van der Waals surface area contributed by atoms with Gasteiger partial charge in [0.05, 0.1) is 19.2 Å². The number of hydrogen-bond donors (Lipinski definition) is 1. The molecule has 2 N–H and O–H groups in total. The van der Waals surface area contributed by atoms with E-state index in [2.05, 4.69) is 19.1 Å². The molecule has 2 aromatic rings. The molecule has 2 unspecified atom stereocenters. The van der Waals surface area contributed by atoms with E-state index >= 15 is 0 Å². The molecule has 2 atom stereocenters. The summed E-state index contributed by atoms with van der Waals surface area (Å²) < 4.78 is 5.98. The maximum Gasteiger partial charge on any atom is 0.254 e. The van der Waals surface area contributed by atoms with Gasteiger partial charge in [0.1, 0.15) is 6.10 Å². The lowest BCUT2D eigenvalue weighted by Crippen LogP contribution is -2.48. The maximum atomic E-state index is 12.8. The molecule has 1 aliphatic heterocycles. The first kappa shape index (κ1) is 18.3. The zero-order chi connectivity index (χ0) is 16.4. The van der Waals surface area contributed by atoms with Crippen LogP contribution in [0.25, 0.3) is 0 Å². The number of carbonyl (C=O) groups excluding carboxylic acids is 1. The molecule has 0 aliphatic carbocycles. The Morgan fingerprint density at radius 2 is 1.96 bits per heavy atom. The number of nitrogens with zero attached hydrogens (tertiary/aromatic N) is 1. The summed E-state index contributed by atoms with van der Waals surface area (Å²) in [5.74, 6) is 0.00619. The number of rotatable bonds is 2. The van der Waals surface area contributed by atoms with Crippen molar-refractivity contribution in [3.05, 3.63) is 65.2 Å². The van der Waals surface area contributed by atoms with Gasteiger partial charge in [-0.05, 0) is 43.2 Å². The number of halogens is 1. The third-order valence-corrected chi connectivity index (χ3v) is 4.36. The van der Waals surface area contributed by atoms with Crippen molar-refractivity contribution in [2.24, 2.45) is 0 Å². The van der Waals surface area contributed by atoms with Crippen molar-refractivity contribution in [3.8, 4) is 0 Å². The molecule has 1 amide bonds. The Kier molecular flexibility index (Phi) is 5.86. The highest BCUT2D eigenvalue weighted by Crippen LogP contribution is 2.28. The van der Waals surface area contributed by atoms with Gasteiger partial charge < -0.3 is 15.4 Å². The van der Waals surface area contributed by atoms with E-state index in [1.54, 1.807) is 12.1 Å². The zero-order valence-corrected chi connectivity index (χ0v) is 14.8. The molecule has 1 saturated heterocycles. The average Bonchev–Trinajstić information content (AvgIpc) is 2.55. The van der Waals surface area contributed by atoms with Crippen molar-refractivity contribution in [3.63, 3.8) is 0 Å². The highest BCUT2D eigenvalue weighted by atomic mass is 35.5. The second-order valence-electron chi connectivity index (χ2n) is 6.11. The predicted molar refractivity (Wildman–Crippen MR) is 98.5 cm³/mol. The minimum Gasteiger partial charge on any atom is -0.399 e. The summed E-state index contributed by atoms with van der Waals surface area (Å²) in [6.07, 6.45) is -0.0857. The van der Waals surface area contributed by atoms with Gasteiger partial charge in [0, 0.05) is 11.3 Å². The van der Waals surface area contributed by atoms with E-state index in [1.807, 2.05) is 36.1 Å². The Bertz CT molecular complexity index is 720. The third-order valence-electron chi connectivity index (χ3n) is 4.36. The Labute approximate surface area is 149 Å². The van der Waals surface area contributed by atoms with Gasteiger partial charge in [0.2, 0.25) is 0 Å². The predicted octanol–water partition coefficient (Wildman–Crippen LogP) is 3.60. The van der Waals surface area contributed by atoms with Gasteiger partial charge in [0.25, 0.3) is 5.91 Å². The maximum absolute atomic E-state index is 12.8. The molecule has 1 fully saturated rings. The summed E-state index contributed by atoms with van der Waals surface area (Å²) in [5, 5.41) is 0. The van der Waals surface area contributed by atoms with Crippen LogP contribution in [0.5, 0.6) is 0 Å². The van der Waals surface area contributed by atoms with E-state index in [1.165, 1.54) is 5.56 Å². The molecule has 24 heavy (non-hydrogen) atoms. The fraction of sp³-hybridized carbons (Fsp3) is 0.316. The largest absolute Gasteiger partial charge is 0.399 e. The minimum absolute atomic E-state index is 0. The fourth-order valence-corrected chi connectivity index (χ4v) is 3.01. The van der Waals surface area contributed by atoms with Crippen molar-refractivity contribution in [1.82, 2.24) is 4.90 Å². The van der Waals surface area contributed by atoms with Crippen LogP contribution in [-0.4, -0.2) is 30.0 Å². The van der Waals surface area contributed by atoms with Gasteiger partial charge in [-0.3, -0.25) is 4.79 Å². The van der Waals surface area contributed by atoms with Crippen molar-refractivity contribution in [2.45, 2.75) is 26.0 Å². The second-order valence-corrected chi connectivity index (χ2v) is 6.11. The number of amides is 1. The molecule has 0 aromatic heterocycles. The highest BCUT2D eigenvalue weighted by molar-refractivity contribution is 5.95. The third kappa shape index (κ3) is 3.71. The van der Waals surface area contributed by atoms with E-state index < -0.39 is 0 Å². The van der Waals surface area contributed by atoms with E-state index in [9.17, 15) is 4.79 Å². The number of aryl methyl sites for hydroxylation is 1.